The van der Waals surface area contributed by atoms with Crippen molar-refractivity contribution in [3.05, 3.63) is 35.6 Å². The summed E-state index contributed by atoms with van der Waals surface area (Å²) in [6.45, 7) is 1.77. The third kappa shape index (κ3) is 1.35. The largest absolute Gasteiger partial charge is 0.471 e. The Morgan fingerprint density at radius 3 is 3.00 bits per heavy atom. The first-order chi connectivity index (χ1) is 10.1. The van der Waals surface area contributed by atoms with E-state index in [1.165, 1.54) is 13.4 Å². The van der Waals surface area contributed by atoms with Crippen LogP contribution in [0.4, 0.5) is 0 Å². The van der Waals surface area contributed by atoms with Gasteiger partial charge in [-0.3, -0.25) is 0 Å². The zero-order valence-electron chi connectivity index (χ0n) is 11.6. The Balaban J connectivity index is 1.78. The van der Waals surface area contributed by atoms with E-state index in [2.05, 4.69) is 0 Å². The molecule has 3 aliphatic heterocycles. The molecule has 2 fully saturated rings. The number of esters is 2. The molecule has 3 heterocycles. The molecule has 6 heteroatoms. The van der Waals surface area contributed by atoms with Gasteiger partial charge in [-0.05, 0) is 13.0 Å². The fraction of sp³-hybridized carbons (Fsp3) is 0.467. The second kappa shape index (κ2) is 3.98. The van der Waals surface area contributed by atoms with Crippen molar-refractivity contribution in [2.24, 2.45) is 11.8 Å². The van der Waals surface area contributed by atoms with Crippen molar-refractivity contribution in [1.29, 1.82) is 0 Å². The average molecular weight is 290 g/mol. The zero-order valence-corrected chi connectivity index (χ0v) is 11.6. The Labute approximate surface area is 121 Å². The summed E-state index contributed by atoms with van der Waals surface area (Å²) in [6, 6.07) is 0. The first kappa shape index (κ1) is 12.6. The quantitative estimate of drug-likeness (QED) is 0.405. The standard InChI is InChI=1S/C15H14O6/c1-3-7-11-15(21-13(7)17)5-4-8-9(12(16)18-2)6-19-14(20-11)10(8)15/h3-6,8,10-11,14H,1-2H3/b7-3-/t8-,10-,11-,14-,15-/m1/s1. The minimum Gasteiger partial charge on any atom is -0.471 e. The van der Waals surface area contributed by atoms with Crippen LogP contribution >= 0.6 is 0 Å². The van der Waals surface area contributed by atoms with Crippen molar-refractivity contribution in [2.75, 3.05) is 7.11 Å². The van der Waals surface area contributed by atoms with Crippen molar-refractivity contribution in [3.8, 4) is 0 Å². The lowest BCUT2D eigenvalue weighted by molar-refractivity contribution is -0.152. The van der Waals surface area contributed by atoms with E-state index in [-0.39, 0.29) is 17.8 Å². The molecule has 0 aromatic carbocycles. The van der Waals surface area contributed by atoms with Gasteiger partial charge in [-0.2, -0.15) is 0 Å². The number of allylic oxidation sites excluding steroid dienone is 2. The molecule has 0 radical (unpaired) electrons. The van der Waals surface area contributed by atoms with Crippen LogP contribution in [0.1, 0.15) is 6.92 Å². The first-order valence-electron chi connectivity index (χ1n) is 6.80. The molecule has 0 aromatic rings. The van der Waals surface area contributed by atoms with Crippen molar-refractivity contribution in [3.63, 3.8) is 0 Å². The van der Waals surface area contributed by atoms with Gasteiger partial charge in [0, 0.05) is 5.92 Å². The molecule has 1 aliphatic carbocycles. The van der Waals surface area contributed by atoms with Crippen LogP contribution in [-0.4, -0.2) is 37.0 Å². The zero-order chi connectivity index (χ0) is 14.8. The molecule has 4 rings (SSSR count). The highest BCUT2D eigenvalue weighted by Crippen LogP contribution is 2.57. The number of hydrogen-bond acceptors (Lipinski definition) is 6. The van der Waals surface area contributed by atoms with E-state index in [1.54, 1.807) is 13.0 Å². The summed E-state index contributed by atoms with van der Waals surface area (Å²) in [6.07, 6.45) is 5.77. The number of carbonyl (C=O) groups excluding carboxylic acids is 2. The Morgan fingerprint density at radius 1 is 1.48 bits per heavy atom. The SMILES string of the molecule is C/C=C1\C(=O)O[C@@]23C=C[C@@H]4C(C(=O)OC)=CO[C@H](O[C@H]12)[C@@H]43. The minimum absolute atomic E-state index is 0.231. The van der Waals surface area contributed by atoms with Gasteiger partial charge in [0.05, 0.1) is 30.4 Å². The molecule has 6 nitrogen and oxygen atoms in total. The van der Waals surface area contributed by atoms with Gasteiger partial charge in [0.15, 0.2) is 5.60 Å². The van der Waals surface area contributed by atoms with Crippen LogP contribution in [-0.2, 0) is 28.5 Å². The molecule has 110 valence electrons. The molecule has 21 heavy (non-hydrogen) atoms. The summed E-state index contributed by atoms with van der Waals surface area (Å²) in [5.74, 6) is -1.31. The lowest BCUT2D eigenvalue weighted by atomic mass is 9.78. The number of hydrogen-bond donors (Lipinski definition) is 0. The molecule has 0 bridgehead atoms. The van der Waals surface area contributed by atoms with Crippen LogP contribution in [0, 0.1) is 11.8 Å². The molecule has 2 saturated heterocycles. The van der Waals surface area contributed by atoms with Gasteiger partial charge < -0.3 is 18.9 Å². The lowest BCUT2D eigenvalue weighted by Crippen LogP contribution is -2.43. The van der Waals surface area contributed by atoms with Crippen LogP contribution in [0.25, 0.3) is 0 Å². The molecule has 0 aromatic heterocycles. The first-order valence-corrected chi connectivity index (χ1v) is 6.80. The number of ether oxygens (including phenoxy) is 4. The van der Waals surface area contributed by atoms with E-state index in [0.717, 1.165) is 0 Å². The second-order valence-corrected chi connectivity index (χ2v) is 5.48. The molecular formula is C15H14O6. The molecule has 1 spiro atoms. The van der Waals surface area contributed by atoms with E-state index in [4.69, 9.17) is 18.9 Å². The number of methoxy groups -OCH3 is 1. The maximum absolute atomic E-state index is 12.0. The Morgan fingerprint density at radius 2 is 2.29 bits per heavy atom. The number of carbonyl (C=O) groups is 2. The van der Waals surface area contributed by atoms with Crippen molar-refractivity contribution >= 4 is 11.9 Å². The highest BCUT2D eigenvalue weighted by atomic mass is 16.7. The van der Waals surface area contributed by atoms with E-state index in [1.807, 2.05) is 12.2 Å². The summed E-state index contributed by atoms with van der Waals surface area (Å²) in [5, 5.41) is 0. The van der Waals surface area contributed by atoms with E-state index in [9.17, 15) is 9.59 Å². The van der Waals surface area contributed by atoms with Crippen LogP contribution in [0.3, 0.4) is 0 Å². The second-order valence-electron chi connectivity index (χ2n) is 5.48. The summed E-state index contributed by atoms with van der Waals surface area (Å²) >= 11 is 0. The Bertz CT molecular complexity index is 630. The Kier molecular flexibility index (Phi) is 2.39. The molecule has 0 saturated carbocycles. The average Bonchev–Trinajstić information content (AvgIpc) is 3.08. The predicted molar refractivity (Wildman–Crippen MR) is 68.5 cm³/mol. The lowest BCUT2D eigenvalue weighted by Gasteiger charge is -2.32. The van der Waals surface area contributed by atoms with Gasteiger partial charge >= 0.3 is 11.9 Å². The van der Waals surface area contributed by atoms with Gasteiger partial charge in [0.1, 0.15) is 6.10 Å². The van der Waals surface area contributed by atoms with Crippen LogP contribution in [0.2, 0.25) is 0 Å². The molecule has 0 unspecified atom stereocenters. The number of rotatable bonds is 1. The maximum Gasteiger partial charge on any atom is 0.337 e. The highest BCUT2D eigenvalue weighted by Gasteiger charge is 2.70. The van der Waals surface area contributed by atoms with Gasteiger partial charge in [0.2, 0.25) is 6.29 Å². The van der Waals surface area contributed by atoms with E-state index < -0.39 is 24.0 Å². The molecule has 0 amide bonds. The molecular weight excluding hydrogens is 276 g/mol. The van der Waals surface area contributed by atoms with E-state index in [0.29, 0.717) is 11.1 Å². The smallest absolute Gasteiger partial charge is 0.337 e. The summed E-state index contributed by atoms with van der Waals surface area (Å²) < 4.78 is 21.8. The van der Waals surface area contributed by atoms with E-state index >= 15 is 0 Å². The third-order valence-electron chi connectivity index (χ3n) is 4.65. The van der Waals surface area contributed by atoms with Gasteiger partial charge in [-0.1, -0.05) is 12.2 Å². The summed E-state index contributed by atoms with van der Waals surface area (Å²) in [5.41, 5.74) is 0.0425. The maximum atomic E-state index is 12.0. The van der Waals surface area contributed by atoms with Crippen LogP contribution < -0.4 is 0 Å². The molecule has 5 atom stereocenters. The summed E-state index contributed by atoms with van der Waals surface area (Å²) in [4.78, 5) is 23.8. The van der Waals surface area contributed by atoms with Crippen LogP contribution in [0.5, 0.6) is 0 Å². The van der Waals surface area contributed by atoms with Crippen molar-refractivity contribution in [1.82, 2.24) is 0 Å². The van der Waals surface area contributed by atoms with Gasteiger partial charge in [-0.25, -0.2) is 9.59 Å². The molecule has 4 aliphatic rings. The van der Waals surface area contributed by atoms with Crippen molar-refractivity contribution in [2.45, 2.75) is 24.9 Å². The summed E-state index contributed by atoms with van der Waals surface area (Å²) in [7, 11) is 1.32. The monoisotopic (exact) mass is 290 g/mol. The van der Waals surface area contributed by atoms with Gasteiger partial charge in [0.25, 0.3) is 0 Å². The van der Waals surface area contributed by atoms with Crippen LogP contribution in [0.15, 0.2) is 35.6 Å². The van der Waals surface area contributed by atoms with Crippen molar-refractivity contribution < 1.29 is 28.5 Å². The third-order valence-corrected chi connectivity index (χ3v) is 4.65. The normalized spacial score (nSPS) is 44.0. The molecule has 0 N–H and O–H groups in total. The topological polar surface area (TPSA) is 71.1 Å². The minimum atomic E-state index is -0.873. The Hall–Kier alpha value is -2.08. The highest BCUT2D eigenvalue weighted by molar-refractivity contribution is 5.94. The fourth-order valence-electron chi connectivity index (χ4n) is 3.74. The van der Waals surface area contributed by atoms with Gasteiger partial charge in [-0.15, -0.1) is 0 Å². The predicted octanol–water partition coefficient (Wildman–Crippen LogP) is 0.842. The fourth-order valence-corrected chi connectivity index (χ4v) is 3.74.